The van der Waals surface area contributed by atoms with Gasteiger partial charge in [0.05, 0.1) is 7.11 Å². The number of carbonyl (C=O) groups is 2. The fraction of sp³-hybridized carbons (Fsp3) is 0.529. The number of ether oxygens (including phenoxy) is 2. The average Bonchev–Trinajstić information content (AvgIpc) is 2.53. The van der Waals surface area contributed by atoms with Gasteiger partial charge in [-0.1, -0.05) is 31.4 Å². The monoisotopic (exact) mass is 305 g/mol. The fourth-order valence-corrected chi connectivity index (χ4v) is 2.74. The first-order chi connectivity index (χ1) is 10.6. The van der Waals surface area contributed by atoms with Gasteiger partial charge in [0.2, 0.25) is 6.10 Å². The lowest BCUT2D eigenvalue weighted by atomic mass is 9.95. The van der Waals surface area contributed by atoms with Gasteiger partial charge in [-0.3, -0.25) is 9.59 Å². The van der Waals surface area contributed by atoms with E-state index in [-0.39, 0.29) is 11.9 Å². The number of rotatable bonds is 5. The summed E-state index contributed by atoms with van der Waals surface area (Å²) in [5.41, 5.74) is 0.643. The third kappa shape index (κ3) is 4.48. The predicted octanol–water partition coefficient (Wildman–Crippen LogP) is 2.75. The normalized spacial score (nSPS) is 16.6. The third-order valence-corrected chi connectivity index (χ3v) is 3.89. The van der Waals surface area contributed by atoms with E-state index >= 15 is 0 Å². The molecular weight excluding hydrogens is 282 g/mol. The molecule has 0 bridgehead atoms. The zero-order valence-corrected chi connectivity index (χ0v) is 13.1. The van der Waals surface area contributed by atoms with Crippen molar-refractivity contribution in [2.45, 2.75) is 51.2 Å². The molecule has 1 aromatic rings. The Morgan fingerprint density at radius 3 is 2.32 bits per heavy atom. The highest BCUT2D eigenvalue weighted by Gasteiger charge is 2.26. The van der Waals surface area contributed by atoms with Gasteiger partial charge in [0.15, 0.2) is 0 Å². The molecule has 1 aliphatic carbocycles. The first-order valence-corrected chi connectivity index (χ1v) is 7.71. The van der Waals surface area contributed by atoms with Crippen molar-refractivity contribution in [3.05, 3.63) is 29.8 Å². The second-order valence-corrected chi connectivity index (χ2v) is 5.61. The van der Waals surface area contributed by atoms with Crippen LogP contribution in [0.15, 0.2) is 24.3 Å². The van der Waals surface area contributed by atoms with E-state index in [4.69, 9.17) is 9.47 Å². The maximum atomic E-state index is 12.5. The van der Waals surface area contributed by atoms with Crippen molar-refractivity contribution in [2.24, 2.45) is 0 Å². The molecule has 1 amide bonds. The number of hydrogen-bond acceptors (Lipinski definition) is 4. The van der Waals surface area contributed by atoms with Crippen LogP contribution in [0.5, 0.6) is 5.75 Å². The minimum Gasteiger partial charge on any atom is -0.497 e. The summed E-state index contributed by atoms with van der Waals surface area (Å²) >= 11 is 0. The Morgan fingerprint density at radius 1 is 1.14 bits per heavy atom. The van der Waals surface area contributed by atoms with Crippen molar-refractivity contribution < 1.29 is 19.1 Å². The van der Waals surface area contributed by atoms with Crippen LogP contribution in [-0.4, -0.2) is 25.0 Å². The summed E-state index contributed by atoms with van der Waals surface area (Å²) in [6.45, 7) is 1.31. The Bertz CT molecular complexity index is 506. The highest BCUT2D eigenvalue weighted by Crippen LogP contribution is 2.23. The molecule has 0 spiro atoms. The van der Waals surface area contributed by atoms with Crippen molar-refractivity contribution in [1.29, 1.82) is 0 Å². The van der Waals surface area contributed by atoms with Gasteiger partial charge in [0.1, 0.15) is 5.75 Å². The first kappa shape index (κ1) is 16.3. The lowest BCUT2D eigenvalue weighted by Crippen LogP contribution is -2.40. The fourth-order valence-electron chi connectivity index (χ4n) is 2.74. The predicted molar refractivity (Wildman–Crippen MR) is 82.5 cm³/mol. The van der Waals surface area contributed by atoms with Gasteiger partial charge in [0, 0.05) is 18.5 Å². The van der Waals surface area contributed by atoms with E-state index in [0.29, 0.717) is 11.3 Å². The Hall–Kier alpha value is -2.04. The topological polar surface area (TPSA) is 64.6 Å². The summed E-state index contributed by atoms with van der Waals surface area (Å²) in [5.74, 6) is -0.0371. The molecule has 1 aromatic carbocycles. The number of hydrogen-bond donors (Lipinski definition) is 1. The summed E-state index contributed by atoms with van der Waals surface area (Å²) in [4.78, 5) is 23.8. The number of carbonyl (C=O) groups excluding carboxylic acids is 2. The molecule has 0 heterocycles. The van der Waals surface area contributed by atoms with E-state index in [1.54, 1.807) is 31.4 Å². The Kier molecular flexibility index (Phi) is 5.81. The van der Waals surface area contributed by atoms with E-state index in [0.717, 1.165) is 25.7 Å². The highest BCUT2D eigenvalue weighted by molar-refractivity contribution is 5.84. The van der Waals surface area contributed by atoms with Crippen LogP contribution in [0, 0.1) is 0 Å². The van der Waals surface area contributed by atoms with Gasteiger partial charge in [-0.25, -0.2) is 0 Å². The highest BCUT2D eigenvalue weighted by atomic mass is 16.5. The molecule has 0 saturated heterocycles. The standard InChI is InChI=1S/C17H23NO4/c1-12(19)22-16(13-8-10-15(21-2)11-9-13)17(20)18-14-6-4-3-5-7-14/h8-11,14,16H,3-7H2,1-2H3,(H,18,20)/t16-/m0/s1. The van der Waals surface area contributed by atoms with E-state index in [9.17, 15) is 9.59 Å². The summed E-state index contributed by atoms with van der Waals surface area (Å²) < 4.78 is 10.3. The molecule has 5 nitrogen and oxygen atoms in total. The number of nitrogens with one attached hydrogen (secondary N) is 1. The molecule has 1 aliphatic rings. The quantitative estimate of drug-likeness (QED) is 0.850. The maximum absolute atomic E-state index is 12.5. The minimum absolute atomic E-state index is 0.178. The molecule has 2 rings (SSSR count). The van der Waals surface area contributed by atoms with Crippen LogP contribution < -0.4 is 10.1 Å². The Balaban J connectivity index is 2.09. The van der Waals surface area contributed by atoms with Crippen LogP contribution in [0.25, 0.3) is 0 Å². The SMILES string of the molecule is COc1ccc([C@H](OC(C)=O)C(=O)NC2CCCCC2)cc1. The molecule has 0 aliphatic heterocycles. The zero-order valence-electron chi connectivity index (χ0n) is 13.1. The number of esters is 1. The molecule has 1 fully saturated rings. The lowest BCUT2D eigenvalue weighted by molar-refractivity contribution is -0.154. The van der Waals surface area contributed by atoms with Crippen LogP contribution in [-0.2, 0) is 14.3 Å². The zero-order chi connectivity index (χ0) is 15.9. The maximum Gasteiger partial charge on any atom is 0.303 e. The summed E-state index contributed by atoms with van der Waals surface area (Å²) in [5, 5.41) is 3.00. The van der Waals surface area contributed by atoms with Crippen LogP contribution in [0.4, 0.5) is 0 Å². The van der Waals surface area contributed by atoms with Gasteiger partial charge in [-0.2, -0.15) is 0 Å². The molecule has 0 aromatic heterocycles. The van der Waals surface area contributed by atoms with Gasteiger partial charge < -0.3 is 14.8 Å². The number of benzene rings is 1. The Morgan fingerprint density at radius 2 is 1.77 bits per heavy atom. The van der Waals surface area contributed by atoms with E-state index in [1.807, 2.05) is 0 Å². The smallest absolute Gasteiger partial charge is 0.303 e. The number of methoxy groups -OCH3 is 1. The van der Waals surface area contributed by atoms with Gasteiger partial charge in [0.25, 0.3) is 5.91 Å². The van der Waals surface area contributed by atoms with Crippen molar-refractivity contribution >= 4 is 11.9 Å². The van der Waals surface area contributed by atoms with Crippen molar-refractivity contribution in [3.63, 3.8) is 0 Å². The molecule has 1 N–H and O–H groups in total. The van der Waals surface area contributed by atoms with E-state index < -0.39 is 12.1 Å². The summed E-state index contributed by atoms with van der Waals surface area (Å²) in [6, 6.07) is 7.16. The molecular formula is C17H23NO4. The average molecular weight is 305 g/mol. The molecule has 22 heavy (non-hydrogen) atoms. The molecule has 5 heteroatoms. The van der Waals surface area contributed by atoms with Gasteiger partial charge in [-0.05, 0) is 25.0 Å². The third-order valence-electron chi connectivity index (χ3n) is 3.89. The first-order valence-electron chi connectivity index (χ1n) is 7.71. The summed E-state index contributed by atoms with van der Waals surface area (Å²) in [6.07, 6.45) is 4.54. The van der Waals surface area contributed by atoms with E-state index in [2.05, 4.69) is 5.32 Å². The van der Waals surface area contributed by atoms with Crippen LogP contribution in [0.2, 0.25) is 0 Å². The minimum atomic E-state index is -0.912. The Labute approximate surface area is 131 Å². The van der Waals surface area contributed by atoms with Crippen molar-refractivity contribution in [3.8, 4) is 5.75 Å². The van der Waals surface area contributed by atoms with Crippen LogP contribution in [0.1, 0.15) is 50.7 Å². The van der Waals surface area contributed by atoms with E-state index in [1.165, 1.54) is 13.3 Å². The van der Waals surface area contributed by atoms with Crippen molar-refractivity contribution in [2.75, 3.05) is 7.11 Å². The van der Waals surface area contributed by atoms with Gasteiger partial charge >= 0.3 is 5.97 Å². The summed E-state index contributed by atoms with van der Waals surface area (Å²) in [7, 11) is 1.58. The molecule has 1 saturated carbocycles. The molecule has 1 atom stereocenters. The molecule has 0 unspecified atom stereocenters. The van der Waals surface area contributed by atoms with Gasteiger partial charge in [-0.15, -0.1) is 0 Å². The van der Waals surface area contributed by atoms with Crippen LogP contribution in [0.3, 0.4) is 0 Å². The lowest BCUT2D eigenvalue weighted by Gasteiger charge is -2.25. The largest absolute Gasteiger partial charge is 0.497 e. The second kappa shape index (κ2) is 7.82. The van der Waals surface area contributed by atoms with Crippen molar-refractivity contribution in [1.82, 2.24) is 5.32 Å². The number of amides is 1. The molecule has 120 valence electrons. The van der Waals surface area contributed by atoms with Crippen LogP contribution >= 0.6 is 0 Å². The molecule has 0 radical (unpaired) electrons. The second-order valence-electron chi connectivity index (χ2n) is 5.61.